The summed E-state index contributed by atoms with van der Waals surface area (Å²) in [5.41, 5.74) is 0. The molecule has 1 fully saturated rings. The zero-order valence-corrected chi connectivity index (χ0v) is 9.89. The van der Waals surface area contributed by atoms with Gasteiger partial charge < -0.3 is 14.8 Å². The molecule has 2 heterocycles. The van der Waals surface area contributed by atoms with Gasteiger partial charge in [0.2, 0.25) is 5.95 Å². The van der Waals surface area contributed by atoms with Gasteiger partial charge in [-0.25, -0.2) is 4.98 Å². The summed E-state index contributed by atoms with van der Waals surface area (Å²) < 4.78 is 2.20. The Morgan fingerprint density at radius 1 is 1.69 bits per heavy atom. The number of anilines is 1. The average Bonchev–Trinajstić information content (AvgIpc) is 2.86. The normalized spacial score (nSPS) is 21.2. The fourth-order valence-corrected chi connectivity index (χ4v) is 2.24. The van der Waals surface area contributed by atoms with Crippen LogP contribution in [0.3, 0.4) is 0 Å². The molecule has 0 spiro atoms. The molecule has 1 aliphatic heterocycles. The number of hydrogen-bond donors (Lipinski definition) is 1. The Morgan fingerprint density at radius 3 is 3.25 bits per heavy atom. The van der Waals surface area contributed by atoms with Gasteiger partial charge in [-0.1, -0.05) is 6.08 Å². The molecule has 1 aliphatic rings. The van der Waals surface area contributed by atoms with Crippen molar-refractivity contribution in [3.63, 3.8) is 0 Å². The van der Waals surface area contributed by atoms with E-state index in [1.54, 1.807) is 0 Å². The summed E-state index contributed by atoms with van der Waals surface area (Å²) in [5, 5.41) is 3.25. The fourth-order valence-electron chi connectivity index (χ4n) is 2.24. The van der Waals surface area contributed by atoms with Gasteiger partial charge in [-0.2, -0.15) is 0 Å². The Balaban J connectivity index is 1.93. The van der Waals surface area contributed by atoms with Gasteiger partial charge in [-0.3, -0.25) is 0 Å². The van der Waals surface area contributed by atoms with Crippen molar-refractivity contribution in [1.82, 2.24) is 14.5 Å². The molecule has 88 valence electrons. The van der Waals surface area contributed by atoms with E-state index in [4.69, 9.17) is 0 Å². The van der Waals surface area contributed by atoms with Crippen molar-refractivity contribution < 1.29 is 0 Å². The van der Waals surface area contributed by atoms with E-state index in [9.17, 15) is 0 Å². The number of nitrogens with zero attached hydrogens (tertiary/aromatic N) is 3. The molecule has 0 amide bonds. The van der Waals surface area contributed by atoms with Crippen LogP contribution in [0.15, 0.2) is 25.0 Å². The van der Waals surface area contributed by atoms with Gasteiger partial charge in [0.15, 0.2) is 0 Å². The van der Waals surface area contributed by atoms with Crippen LogP contribution in [-0.2, 0) is 6.54 Å². The first-order valence-corrected chi connectivity index (χ1v) is 5.84. The van der Waals surface area contributed by atoms with Crippen LogP contribution in [0.25, 0.3) is 0 Å². The minimum Gasteiger partial charge on any atom is -0.352 e. The monoisotopic (exact) mass is 220 g/mol. The molecule has 0 bridgehead atoms. The number of aromatic nitrogens is 2. The van der Waals surface area contributed by atoms with Crippen LogP contribution < -0.4 is 5.32 Å². The van der Waals surface area contributed by atoms with Crippen LogP contribution in [-0.4, -0.2) is 41.1 Å². The molecule has 4 heteroatoms. The van der Waals surface area contributed by atoms with Crippen LogP contribution in [0.2, 0.25) is 0 Å². The molecule has 0 aromatic carbocycles. The molecule has 1 aromatic rings. The predicted molar refractivity (Wildman–Crippen MR) is 66.5 cm³/mol. The fraction of sp³-hybridized carbons (Fsp3) is 0.583. The predicted octanol–water partition coefficient (Wildman–Crippen LogP) is 1.43. The first kappa shape index (κ1) is 11.2. The van der Waals surface area contributed by atoms with E-state index in [0.717, 1.165) is 25.0 Å². The van der Waals surface area contributed by atoms with E-state index in [1.807, 2.05) is 18.5 Å². The average molecular weight is 220 g/mol. The summed E-state index contributed by atoms with van der Waals surface area (Å²) in [4.78, 5) is 6.69. The van der Waals surface area contributed by atoms with Crippen LogP contribution in [0.4, 0.5) is 5.95 Å². The van der Waals surface area contributed by atoms with E-state index in [-0.39, 0.29) is 0 Å². The van der Waals surface area contributed by atoms with Gasteiger partial charge in [-0.05, 0) is 25.9 Å². The lowest BCUT2D eigenvalue weighted by Gasteiger charge is -2.13. The number of nitrogens with one attached hydrogen (secondary N) is 1. The van der Waals surface area contributed by atoms with Gasteiger partial charge >= 0.3 is 0 Å². The Kier molecular flexibility index (Phi) is 3.62. The zero-order valence-electron chi connectivity index (χ0n) is 9.89. The molecule has 1 atom stereocenters. The lowest BCUT2D eigenvalue weighted by Crippen LogP contribution is -2.18. The van der Waals surface area contributed by atoms with Gasteiger partial charge in [0, 0.05) is 32.0 Å². The molecular formula is C12H20N4. The Hall–Kier alpha value is -1.29. The summed E-state index contributed by atoms with van der Waals surface area (Å²) in [7, 11) is 2.19. The highest BCUT2D eigenvalue weighted by Gasteiger charge is 2.20. The Labute approximate surface area is 97.0 Å². The van der Waals surface area contributed by atoms with E-state index in [1.165, 1.54) is 19.5 Å². The molecule has 0 aliphatic carbocycles. The highest BCUT2D eigenvalue weighted by Crippen LogP contribution is 2.18. The van der Waals surface area contributed by atoms with Crippen LogP contribution in [0, 0.1) is 5.92 Å². The summed E-state index contributed by atoms with van der Waals surface area (Å²) in [6, 6.07) is 0. The molecule has 0 saturated carbocycles. The maximum Gasteiger partial charge on any atom is 0.203 e. The molecule has 2 rings (SSSR count). The third-order valence-corrected chi connectivity index (χ3v) is 3.06. The standard InChI is InChI=1S/C12H20N4/c1-3-5-13-12-14-6-8-16(12)10-11-4-7-15(2)9-11/h3,6,8,11H,1,4-5,7,9-10H2,2H3,(H,13,14). The summed E-state index contributed by atoms with van der Waals surface area (Å²) in [5.74, 6) is 1.71. The maximum absolute atomic E-state index is 4.31. The molecule has 1 saturated heterocycles. The van der Waals surface area contributed by atoms with Crippen molar-refractivity contribution in [2.45, 2.75) is 13.0 Å². The van der Waals surface area contributed by atoms with E-state index >= 15 is 0 Å². The van der Waals surface area contributed by atoms with Crippen LogP contribution >= 0.6 is 0 Å². The van der Waals surface area contributed by atoms with Crippen molar-refractivity contribution in [3.8, 4) is 0 Å². The van der Waals surface area contributed by atoms with Gasteiger partial charge in [0.25, 0.3) is 0 Å². The minimum absolute atomic E-state index is 0.753. The lowest BCUT2D eigenvalue weighted by molar-refractivity contribution is 0.379. The minimum atomic E-state index is 0.753. The highest BCUT2D eigenvalue weighted by atomic mass is 15.2. The largest absolute Gasteiger partial charge is 0.352 e. The van der Waals surface area contributed by atoms with Crippen molar-refractivity contribution in [2.75, 3.05) is 32.0 Å². The first-order chi connectivity index (χ1) is 7.79. The Bertz CT molecular complexity index is 345. The number of likely N-dealkylation sites (tertiary alicyclic amines) is 1. The molecule has 1 aromatic heterocycles. The highest BCUT2D eigenvalue weighted by molar-refractivity contribution is 5.26. The third kappa shape index (κ3) is 2.64. The molecule has 1 unspecified atom stereocenters. The molecular weight excluding hydrogens is 200 g/mol. The molecule has 4 nitrogen and oxygen atoms in total. The number of hydrogen-bond acceptors (Lipinski definition) is 3. The number of rotatable bonds is 5. The second-order valence-electron chi connectivity index (χ2n) is 4.49. The maximum atomic E-state index is 4.31. The molecule has 0 radical (unpaired) electrons. The van der Waals surface area contributed by atoms with Crippen molar-refractivity contribution in [1.29, 1.82) is 0 Å². The van der Waals surface area contributed by atoms with E-state index < -0.39 is 0 Å². The van der Waals surface area contributed by atoms with Crippen molar-refractivity contribution in [3.05, 3.63) is 25.0 Å². The van der Waals surface area contributed by atoms with E-state index in [2.05, 4.69) is 33.4 Å². The first-order valence-electron chi connectivity index (χ1n) is 5.84. The van der Waals surface area contributed by atoms with Crippen LogP contribution in [0.5, 0.6) is 0 Å². The topological polar surface area (TPSA) is 33.1 Å². The van der Waals surface area contributed by atoms with Gasteiger partial charge in [0.05, 0.1) is 0 Å². The van der Waals surface area contributed by atoms with Crippen molar-refractivity contribution >= 4 is 5.95 Å². The Morgan fingerprint density at radius 2 is 2.56 bits per heavy atom. The van der Waals surface area contributed by atoms with Gasteiger partial charge in [-0.15, -0.1) is 6.58 Å². The smallest absolute Gasteiger partial charge is 0.203 e. The third-order valence-electron chi connectivity index (χ3n) is 3.06. The van der Waals surface area contributed by atoms with Crippen LogP contribution in [0.1, 0.15) is 6.42 Å². The lowest BCUT2D eigenvalue weighted by atomic mass is 10.1. The summed E-state index contributed by atoms with van der Waals surface area (Å²) in [6.45, 7) is 7.93. The van der Waals surface area contributed by atoms with Crippen molar-refractivity contribution in [2.24, 2.45) is 5.92 Å². The zero-order chi connectivity index (χ0) is 11.4. The molecule has 1 N–H and O–H groups in total. The van der Waals surface area contributed by atoms with Gasteiger partial charge in [0.1, 0.15) is 0 Å². The number of imidazole rings is 1. The quantitative estimate of drug-likeness (QED) is 0.762. The molecule has 16 heavy (non-hydrogen) atoms. The summed E-state index contributed by atoms with van der Waals surface area (Å²) in [6.07, 6.45) is 7.03. The van der Waals surface area contributed by atoms with E-state index in [0.29, 0.717) is 0 Å². The second-order valence-corrected chi connectivity index (χ2v) is 4.49. The SMILES string of the molecule is C=CCNc1nccn1CC1CCN(C)C1. The summed E-state index contributed by atoms with van der Waals surface area (Å²) >= 11 is 0. The second kappa shape index (κ2) is 5.16.